The zero-order valence-corrected chi connectivity index (χ0v) is 27.7. The SMILES string of the molecule is [C-]#[N+]/C(C#N)=c1\c2c(/c(=C(/C#N)[N+]#[C-])c3c1Cc1cc(-c4c(F)c(F)c(OC(F)(F)F)c(F)c4F)ccc1-3)-c1ccc(-c3c(F)c(F)c(C)c(F)c3F)cc1C2. The molecule has 0 bridgehead atoms. The van der Waals surface area contributed by atoms with Crippen LogP contribution in [0.1, 0.15) is 27.8 Å². The van der Waals surface area contributed by atoms with Crippen molar-refractivity contribution in [2.75, 3.05) is 0 Å². The third kappa shape index (κ3) is 5.33. The molecule has 16 heteroatoms. The van der Waals surface area contributed by atoms with Gasteiger partial charge in [0.25, 0.3) is 11.4 Å². The van der Waals surface area contributed by atoms with E-state index in [2.05, 4.69) is 14.4 Å². The molecule has 0 fully saturated rings. The molecule has 0 N–H and O–H groups in total. The highest BCUT2D eigenvalue weighted by atomic mass is 19.4. The summed E-state index contributed by atoms with van der Waals surface area (Å²) in [5.41, 5.74) is -3.71. The van der Waals surface area contributed by atoms with Gasteiger partial charge in [-0.25, -0.2) is 46.6 Å². The Morgan fingerprint density at radius 3 is 1.38 bits per heavy atom. The first-order chi connectivity index (χ1) is 26.5. The standard InChI is InChI=1S/C40H13F11N4O/c1-14-31(41)33(43)25(34(44)32(14)42)15-4-6-19-17(8-15)10-21-27(23(12-52)54-2)22-11-18-9-16(5-7-20(18)29(22)30(28(19)21)24(13-53)55-3)26-35(45)37(47)39(38(48)36(26)46)56-40(49,50)51/h4-9H,10-11H2,1H3/b27-23+,30-24+. The molecule has 56 heavy (non-hydrogen) atoms. The molecule has 0 atom stereocenters. The summed E-state index contributed by atoms with van der Waals surface area (Å²) in [6, 6.07) is 10.5. The molecule has 5 aromatic carbocycles. The van der Waals surface area contributed by atoms with Crippen LogP contribution in [-0.4, -0.2) is 6.36 Å². The summed E-state index contributed by atoms with van der Waals surface area (Å²) in [5, 5.41) is 20.2. The van der Waals surface area contributed by atoms with E-state index in [9.17, 15) is 41.3 Å². The van der Waals surface area contributed by atoms with Gasteiger partial charge in [0.2, 0.25) is 17.4 Å². The van der Waals surface area contributed by atoms with Crippen LogP contribution in [0.2, 0.25) is 0 Å². The lowest BCUT2D eigenvalue weighted by molar-refractivity contribution is -0.276. The van der Waals surface area contributed by atoms with Crippen LogP contribution in [0.15, 0.2) is 36.4 Å². The zero-order chi connectivity index (χ0) is 40.7. The molecule has 0 unspecified atom stereocenters. The first-order valence-corrected chi connectivity index (χ1v) is 15.7. The van der Waals surface area contributed by atoms with E-state index in [-0.39, 0.29) is 73.4 Å². The molecule has 0 amide bonds. The molecule has 0 radical (unpaired) electrons. The van der Waals surface area contributed by atoms with E-state index in [4.69, 9.17) is 13.1 Å². The molecule has 0 aliphatic heterocycles. The van der Waals surface area contributed by atoms with E-state index in [0.29, 0.717) is 0 Å². The maximum atomic E-state index is 15.2. The molecule has 0 spiro atoms. The van der Waals surface area contributed by atoms with Gasteiger partial charge in [-0.2, -0.15) is 8.78 Å². The summed E-state index contributed by atoms with van der Waals surface area (Å²) >= 11 is 0. The lowest BCUT2D eigenvalue weighted by Crippen LogP contribution is -2.25. The molecule has 276 valence electrons. The predicted molar refractivity (Wildman–Crippen MR) is 175 cm³/mol. The minimum atomic E-state index is -5.70. The Labute approximate surface area is 307 Å². The summed E-state index contributed by atoms with van der Waals surface area (Å²) in [6.07, 6.45) is -6.19. The molecule has 0 heterocycles. The summed E-state index contributed by atoms with van der Waals surface area (Å²) in [5.74, 6) is -18.3. The van der Waals surface area contributed by atoms with Crippen LogP contribution in [0.4, 0.5) is 48.3 Å². The maximum Gasteiger partial charge on any atom is 0.573 e. The molecule has 0 aromatic heterocycles. The van der Waals surface area contributed by atoms with Crippen LogP contribution < -0.4 is 15.2 Å². The summed E-state index contributed by atoms with van der Waals surface area (Å²) in [7, 11) is 0. The number of nitrogens with zero attached hydrogens (tertiary/aromatic N) is 4. The Morgan fingerprint density at radius 1 is 0.607 bits per heavy atom. The van der Waals surface area contributed by atoms with E-state index < -0.39 is 92.3 Å². The lowest BCUT2D eigenvalue weighted by atomic mass is 9.90. The van der Waals surface area contributed by atoms with Crippen LogP contribution in [0.25, 0.3) is 65.6 Å². The molecule has 5 nitrogen and oxygen atoms in total. The van der Waals surface area contributed by atoms with Crippen molar-refractivity contribution in [1.82, 2.24) is 0 Å². The number of alkyl halides is 3. The van der Waals surface area contributed by atoms with Gasteiger partial charge in [0.1, 0.15) is 0 Å². The summed E-state index contributed by atoms with van der Waals surface area (Å²) in [4.78, 5) is 6.71. The molecule has 7 rings (SSSR count). The predicted octanol–water partition coefficient (Wildman–Crippen LogP) is 9.58. The highest BCUT2D eigenvalue weighted by Crippen LogP contribution is 2.45. The molecular formula is C40H13F11N4O. The van der Waals surface area contributed by atoms with Gasteiger partial charge in [-0.1, -0.05) is 24.3 Å². The second-order valence-electron chi connectivity index (χ2n) is 12.5. The van der Waals surface area contributed by atoms with E-state index >= 15 is 17.6 Å². The van der Waals surface area contributed by atoms with Crippen molar-refractivity contribution in [3.05, 3.63) is 144 Å². The average Bonchev–Trinajstić information content (AvgIpc) is 3.73. The highest BCUT2D eigenvalue weighted by molar-refractivity contribution is 5.94. The molecule has 5 aromatic rings. The third-order valence-electron chi connectivity index (χ3n) is 9.60. The van der Waals surface area contributed by atoms with Gasteiger partial charge < -0.3 is 4.74 Å². The number of fused-ring (bicyclic) bond motifs is 6. The second kappa shape index (κ2) is 13.0. The Balaban J connectivity index is 1.51. The fourth-order valence-corrected chi connectivity index (χ4v) is 7.33. The Hall–Kier alpha value is -7.17. The fourth-order valence-electron chi connectivity index (χ4n) is 7.33. The number of ether oxygens (including phenoxy) is 1. The molecule has 0 saturated heterocycles. The molecule has 0 saturated carbocycles. The summed E-state index contributed by atoms with van der Waals surface area (Å²) in [6.45, 7) is 16.5. The fraction of sp³-hybridized carbons (Fsp3) is 0.100. The zero-order valence-electron chi connectivity index (χ0n) is 27.7. The Bertz CT molecular complexity index is 2890. The minimum absolute atomic E-state index is 0.00177. The van der Waals surface area contributed by atoms with Crippen molar-refractivity contribution in [2.24, 2.45) is 0 Å². The number of nitriles is 2. The quantitative estimate of drug-likeness (QED) is 0.102. The average molecular weight is 775 g/mol. The molecule has 2 aliphatic rings. The normalized spacial score (nSPS) is 13.4. The van der Waals surface area contributed by atoms with E-state index in [1.54, 1.807) is 12.1 Å². The van der Waals surface area contributed by atoms with Crippen molar-refractivity contribution < 1.29 is 53.0 Å². The number of rotatable bonds is 3. The van der Waals surface area contributed by atoms with E-state index in [0.717, 1.165) is 25.1 Å². The van der Waals surface area contributed by atoms with E-state index in [1.807, 2.05) is 0 Å². The van der Waals surface area contributed by atoms with Gasteiger partial charge in [-0.15, -0.1) is 13.2 Å². The first-order valence-electron chi connectivity index (χ1n) is 15.7. The minimum Gasteiger partial charge on any atom is -0.399 e. The topological polar surface area (TPSA) is 65.5 Å². The van der Waals surface area contributed by atoms with Gasteiger partial charge in [0.15, 0.2) is 34.9 Å². The van der Waals surface area contributed by atoms with Gasteiger partial charge in [0, 0.05) is 10.8 Å². The highest BCUT2D eigenvalue weighted by Gasteiger charge is 2.38. The number of benzene rings is 5. The number of halogens is 11. The van der Waals surface area contributed by atoms with Crippen LogP contribution in [0.3, 0.4) is 0 Å². The third-order valence-corrected chi connectivity index (χ3v) is 9.60. The second-order valence-corrected chi connectivity index (χ2v) is 12.5. The lowest BCUT2D eigenvalue weighted by Gasteiger charge is -2.15. The Kier molecular flexibility index (Phi) is 8.63. The van der Waals surface area contributed by atoms with Crippen molar-refractivity contribution in [1.29, 1.82) is 10.5 Å². The molecule has 2 aliphatic carbocycles. The van der Waals surface area contributed by atoms with Crippen molar-refractivity contribution in [2.45, 2.75) is 26.1 Å². The van der Waals surface area contributed by atoms with Crippen LogP contribution >= 0.6 is 0 Å². The van der Waals surface area contributed by atoms with Gasteiger partial charge in [-0.3, -0.25) is 0 Å². The van der Waals surface area contributed by atoms with Gasteiger partial charge in [-0.05, 0) is 92.8 Å². The van der Waals surface area contributed by atoms with Crippen LogP contribution in [0.5, 0.6) is 5.75 Å². The van der Waals surface area contributed by atoms with Crippen molar-refractivity contribution >= 4 is 11.4 Å². The van der Waals surface area contributed by atoms with Gasteiger partial charge >= 0.3 is 6.36 Å². The van der Waals surface area contributed by atoms with Crippen molar-refractivity contribution in [3.63, 3.8) is 0 Å². The van der Waals surface area contributed by atoms with Crippen LogP contribution in [0, 0.1) is 89.3 Å². The number of hydrogen-bond donors (Lipinski definition) is 0. The monoisotopic (exact) mass is 774 g/mol. The number of hydrogen-bond acceptors (Lipinski definition) is 3. The maximum absolute atomic E-state index is 15.2. The first kappa shape index (κ1) is 37.2. The summed E-state index contributed by atoms with van der Waals surface area (Å²) < 4.78 is 160. The van der Waals surface area contributed by atoms with E-state index in [1.165, 1.54) is 18.2 Å². The Morgan fingerprint density at radius 2 is 1.00 bits per heavy atom. The smallest absolute Gasteiger partial charge is 0.399 e. The van der Waals surface area contributed by atoms with Gasteiger partial charge in [0.05, 0.1) is 36.4 Å². The molecular weight excluding hydrogens is 761 g/mol. The van der Waals surface area contributed by atoms with Crippen LogP contribution in [-0.2, 0) is 12.8 Å². The largest absolute Gasteiger partial charge is 0.573 e. The van der Waals surface area contributed by atoms with Crippen molar-refractivity contribution in [3.8, 4) is 62.4 Å².